The summed E-state index contributed by atoms with van der Waals surface area (Å²) < 4.78 is 0.953. The van der Waals surface area contributed by atoms with E-state index in [1.807, 2.05) is 32.0 Å². The van der Waals surface area contributed by atoms with E-state index in [9.17, 15) is 9.59 Å². The van der Waals surface area contributed by atoms with Gasteiger partial charge in [-0.25, -0.2) is 4.98 Å². The van der Waals surface area contributed by atoms with Crippen LogP contribution in [0.1, 0.15) is 39.8 Å². The van der Waals surface area contributed by atoms with Crippen molar-refractivity contribution in [1.29, 1.82) is 0 Å². The molecule has 2 amide bonds. The van der Waals surface area contributed by atoms with E-state index in [0.717, 1.165) is 27.2 Å². The van der Waals surface area contributed by atoms with Crippen LogP contribution >= 0.6 is 27.3 Å². The molecule has 1 aromatic heterocycles. The molecular formula is C18H22BrN3O2S. The normalized spacial score (nSPS) is 10.8. The minimum Gasteiger partial charge on any atom is -0.342 e. The van der Waals surface area contributed by atoms with Crippen molar-refractivity contribution < 1.29 is 9.59 Å². The number of aromatic nitrogens is 1. The SMILES string of the molecule is Cc1cc(Br)ccc1NC(=O)CNC(=O)c1sc(CC(C)C)nc1C. The Morgan fingerprint density at radius 1 is 1.28 bits per heavy atom. The summed E-state index contributed by atoms with van der Waals surface area (Å²) in [5.41, 5.74) is 2.39. The van der Waals surface area contributed by atoms with Crippen LogP contribution in [0.3, 0.4) is 0 Å². The Hall–Kier alpha value is -1.73. The Morgan fingerprint density at radius 3 is 2.64 bits per heavy atom. The quantitative estimate of drug-likeness (QED) is 0.734. The number of thiazole rings is 1. The van der Waals surface area contributed by atoms with Gasteiger partial charge in [0.05, 0.1) is 17.2 Å². The smallest absolute Gasteiger partial charge is 0.263 e. The molecule has 0 aliphatic rings. The van der Waals surface area contributed by atoms with Crippen molar-refractivity contribution in [3.8, 4) is 0 Å². The van der Waals surface area contributed by atoms with E-state index in [0.29, 0.717) is 16.5 Å². The third kappa shape index (κ3) is 5.64. The summed E-state index contributed by atoms with van der Waals surface area (Å²) in [6.07, 6.45) is 0.849. The van der Waals surface area contributed by atoms with Crippen molar-refractivity contribution in [2.45, 2.75) is 34.1 Å². The van der Waals surface area contributed by atoms with Crippen molar-refractivity contribution in [1.82, 2.24) is 10.3 Å². The summed E-state index contributed by atoms with van der Waals surface area (Å²) in [7, 11) is 0. The van der Waals surface area contributed by atoms with Crippen LogP contribution in [0.15, 0.2) is 22.7 Å². The maximum Gasteiger partial charge on any atom is 0.263 e. The number of hydrogen-bond acceptors (Lipinski definition) is 4. The first-order valence-corrected chi connectivity index (χ1v) is 9.67. The molecule has 0 aliphatic carbocycles. The molecular weight excluding hydrogens is 402 g/mol. The molecule has 0 saturated heterocycles. The molecule has 0 atom stereocenters. The molecule has 0 bridgehead atoms. The van der Waals surface area contributed by atoms with Crippen LogP contribution in [0.25, 0.3) is 0 Å². The number of halogens is 1. The molecule has 25 heavy (non-hydrogen) atoms. The van der Waals surface area contributed by atoms with Gasteiger partial charge in [-0.05, 0) is 43.5 Å². The highest BCUT2D eigenvalue weighted by Gasteiger charge is 2.16. The van der Waals surface area contributed by atoms with Gasteiger partial charge in [-0.3, -0.25) is 9.59 Å². The van der Waals surface area contributed by atoms with E-state index in [4.69, 9.17) is 0 Å². The van der Waals surface area contributed by atoms with Crippen LogP contribution in [0.2, 0.25) is 0 Å². The van der Waals surface area contributed by atoms with Crippen molar-refractivity contribution in [2.24, 2.45) is 5.92 Å². The maximum absolute atomic E-state index is 12.3. The number of anilines is 1. The summed E-state index contributed by atoms with van der Waals surface area (Å²) in [5, 5.41) is 6.42. The summed E-state index contributed by atoms with van der Waals surface area (Å²) in [4.78, 5) is 29.4. The number of carbonyl (C=O) groups is 2. The monoisotopic (exact) mass is 423 g/mol. The van der Waals surface area contributed by atoms with Gasteiger partial charge in [-0.2, -0.15) is 0 Å². The van der Waals surface area contributed by atoms with Crippen LogP contribution in [-0.2, 0) is 11.2 Å². The third-order valence-corrected chi connectivity index (χ3v) is 5.17. The van der Waals surface area contributed by atoms with E-state index in [1.165, 1.54) is 11.3 Å². The summed E-state index contributed by atoms with van der Waals surface area (Å²) in [6.45, 7) is 7.89. The summed E-state index contributed by atoms with van der Waals surface area (Å²) >= 11 is 4.78. The number of carbonyl (C=O) groups excluding carboxylic acids is 2. The average Bonchev–Trinajstić information content (AvgIpc) is 2.87. The van der Waals surface area contributed by atoms with E-state index in [-0.39, 0.29) is 18.4 Å². The van der Waals surface area contributed by atoms with Gasteiger partial charge in [-0.1, -0.05) is 29.8 Å². The van der Waals surface area contributed by atoms with Gasteiger partial charge in [-0.15, -0.1) is 11.3 Å². The Labute approximate surface area is 160 Å². The molecule has 2 aromatic rings. The lowest BCUT2D eigenvalue weighted by molar-refractivity contribution is -0.115. The molecule has 0 spiro atoms. The lowest BCUT2D eigenvalue weighted by atomic mass is 10.1. The van der Waals surface area contributed by atoms with E-state index in [1.54, 1.807) is 0 Å². The zero-order chi connectivity index (χ0) is 18.6. The predicted molar refractivity (Wildman–Crippen MR) is 105 cm³/mol. The Bertz CT molecular complexity index is 787. The van der Waals surface area contributed by atoms with Crippen LogP contribution in [0, 0.1) is 19.8 Å². The molecule has 0 saturated carbocycles. The first-order chi connectivity index (χ1) is 11.8. The summed E-state index contributed by atoms with van der Waals surface area (Å²) in [6, 6.07) is 5.61. The molecule has 0 unspecified atom stereocenters. The molecule has 2 N–H and O–H groups in total. The molecule has 1 aromatic carbocycles. The molecule has 2 rings (SSSR count). The fourth-order valence-corrected chi connectivity index (χ4v) is 3.97. The van der Waals surface area contributed by atoms with Crippen LogP contribution < -0.4 is 10.6 Å². The molecule has 0 radical (unpaired) electrons. The van der Waals surface area contributed by atoms with Crippen molar-refractivity contribution >= 4 is 44.8 Å². The van der Waals surface area contributed by atoms with Gasteiger partial charge in [0.2, 0.25) is 5.91 Å². The van der Waals surface area contributed by atoms with Gasteiger partial charge < -0.3 is 10.6 Å². The fourth-order valence-electron chi connectivity index (χ4n) is 2.30. The molecule has 7 heteroatoms. The van der Waals surface area contributed by atoms with E-state index < -0.39 is 0 Å². The lowest BCUT2D eigenvalue weighted by Crippen LogP contribution is -2.32. The standard InChI is InChI=1S/C18H22BrN3O2S/c1-10(2)7-16-21-12(4)17(25-16)18(24)20-9-15(23)22-14-6-5-13(19)8-11(14)3/h5-6,8,10H,7,9H2,1-4H3,(H,20,24)(H,22,23). The Kier molecular flexibility index (Phi) is 6.72. The first kappa shape index (κ1) is 19.6. The average molecular weight is 424 g/mol. The van der Waals surface area contributed by atoms with E-state index in [2.05, 4.69) is 45.4 Å². The molecule has 0 fully saturated rings. The maximum atomic E-state index is 12.3. The molecule has 0 aliphatic heterocycles. The van der Waals surface area contributed by atoms with Crippen molar-refractivity contribution in [3.05, 3.63) is 43.8 Å². The van der Waals surface area contributed by atoms with Gasteiger partial charge in [0.1, 0.15) is 4.88 Å². The van der Waals surface area contributed by atoms with Crippen molar-refractivity contribution in [2.75, 3.05) is 11.9 Å². The van der Waals surface area contributed by atoms with Crippen LogP contribution in [-0.4, -0.2) is 23.3 Å². The lowest BCUT2D eigenvalue weighted by Gasteiger charge is -2.09. The number of hydrogen-bond donors (Lipinski definition) is 2. The zero-order valence-electron chi connectivity index (χ0n) is 14.8. The number of nitrogens with zero attached hydrogens (tertiary/aromatic N) is 1. The molecule has 1 heterocycles. The Balaban J connectivity index is 1.93. The van der Waals surface area contributed by atoms with Gasteiger partial charge in [0.25, 0.3) is 5.91 Å². The van der Waals surface area contributed by atoms with Crippen molar-refractivity contribution in [3.63, 3.8) is 0 Å². The van der Waals surface area contributed by atoms with Crippen LogP contribution in [0.5, 0.6) is 0 Å². The Morgan fingerprint density at radius 2 is 2.00 bits per heavy atom. The number of aryl methyl sites for hydroxylation is 2. The molecule has 134 valence electrons. The fraction of sp³-hybridized carbons (Fsp3) is 0.389. The van der Waals surface area contributed by atoms with Crippen LogP contribution in [0.4, 0.5) is 5.69 Å². The first-order valence-electron chi connectivity index (χ1n) is 8.06. The van der Waals surface area contributed by atoms with Gasteiger partial charge >= 0.3 is 0 Å². The topological polar surface area (TPSA) is 71.1 Å². The van der Waals surface area contributed by atoms with E-state index >= 15 is 0 Å². The minimum absolute atomic E-state index is 0.0782. The highest BCUT2D eigenvalue weighted by atomic mass is 79.9. The highest BCUT2D eigenvalue weighted by molar-refractivity contribution is 9.10. The molecule has 5 nitrogen and oxygen atoms in total. The predicted octanol–water partition coefficient (Wildman–Crippen LogP) is 4.09. The zero-order valence-corrected chi connectivity index (χ0v) is 17.2. The largest absolute Gasteiger partial charge is 0.342 e. The second kappa shape index (κ2) is 8.58. The van der Waals surface area contributed by atoms with Gasteiger partial charge in [0, 0.05) is 16.6 Å². The summed E-state index contributed by atoms with van der Waals surface area (Å²) in [5.74, 6) is -0.0302. The third-order valence-electron chi connectivity index (χ3n) is 3.50. The number of benzene rings is 1. The number of rotatable bonds is 6. The second-order valence-electron chi connectivity index (χ2n) is 6.31. The number of amides is 2. The highest BCUT2D eigenvalue weighted by Crippen LogP contribution is 2.21. The minimum atomic E-state index is -0.261. The van der Waals surface area contributed by atoms with Gasteiger partial charge in [0.15, 0.2) is 0 Å². The number of nitrogens with one attached hydrogen (secondary N) is 2. The second-order valence-corrected chi connectivity index (χ2v) is 8.31.